The third-order valence-electron chi connectivity index (χ3n) is 4.31. The molecule has 1 aromatic heterocycles. The summed E-state index contributed by atoms with van der Waals surface area (Å²) in [6, 6.07) is 9.81. The summed E-state index contributed by atoms with van der Waals surface area (Å²) in [7, 11) is 1.63. The molecule has 0 radical (unpaired) electrons. The number of hydrogen-bond donors (Lipinski definition) is 1. The molecule has 29 heavy (non-hydrogen) atoms. The van der Waals surface area contributed by atoms with Gasteiger partial charge in [-0.3, -0.25) is 9.59 Å². The van der Waals surface area contributed by atoms with Crippen molar-refractivity contribution in [2.75, 3.05) is 13.7 Å². The Labute approximate surface area is 179 Å². The van der Waals surface area contributed by atoms with Gasteiger partial charge in [0.25, 0.3) is 11.8 Å². The molecule has 0 saturated heterocycles. The van der Waals surface area contributed by atoms with Crippen LogP contribution in [0.25, 0.3) is 0 Å². The third kappa shape index (κ3) is 6.87. The average Bonchev–Trinajstić information content (AvgIpc) is 3.08. The van der Waals surface area contributed by atoms with E-state index < -0.39 is 18.6 Å². The van der Waals surface area contributed by atoms with Crippen LogP contribution in [0.2, 0.25) is 4.34 Å². The minimum atomic E-state index is -0.849. The van der Waals surface area contributed by atoms with E-state index in [1.807, 2.05) is 25.1 Å². The van der Waals surface area contributed by atoms with E-state index >= 15 is 0 Å². The SMILES string of the molecule is Cc1ccc(C(=O)NC(C(=O)OCC(=O)N(C)Cc2ccc(Cl)s2)C(C)C)cc1. The maximum atomic E-state index is 12.5. The van der Waals surface area contributed by atoms with Crippen molar-refractivity contribution in [2.45, 2.75) is 33.4 Å². The predicted molar refractivity (Wildman–Crippen MR) is 114 cm³/mol. The lowest BCUT2D eigenvalue weighted by Gasteiger charge is -2.22. The zero-order valence-corrected chi connectivity index (χ0v) is 18.5. The molecule has 0 aliphatic carbocycles. The van der Waals surface area contributed by atoms with E-state index in [1.54, 1.807) is 39.1 Å². The lowest BCUT2D eigenvalue weighted by atomic mass is 10.0. The minimum absolute atomic E-state index is 0.196. The lowest BCUT2D eigenvalue weighted by molar-refractivity contribution is -0.154. The molecule has 0 spiro atoms. The number of ether oxygens (including phenoxy) is 1. The number of amides is 2. The summed E-state index contributed by atoms with van der Waals surface area (Å²) in [5.41, 5.74) is 1.49. The molecule has 156 valence electrons. The maximum Gasteiger partial charge on any atom is 0.329 e. The standard InChI is InChI=1S/C21H25ClN2O4S/c1-13(2)19(23-20(26)15-7-5-14(3)6-8-15)21(27)28-12-18(25)24(4)11-16-9-10-17(22)29-16/h5-10,13,19H,11-12H2,1-4H3,(H,23,26). The largest absolute Gasteiger partial charge is 0.454 e. The first kappa shape index (κ1) is 22.9. The summed E-state index contributed by atoms with van der Waals surface area (Å²) < 4.78 is 5.83. The van der Waals surface area contributed by atoms with Crippen LogP contribution in [0, 0.1) is 12.8 Å². The molecule has 6 nitrogen and oxygen atoms in total. The summed E-state index contributed by atoms with van der Waals surface area (Å²) in [5.74, 6) is -1.53. The first-order chi connectivity index (χ1) is 13.7. The number of halogens is 1. The van der Waals surface area contributed by atoms with Gasteiger partial charge in [0, 0.05) is 17.5 Å². The highest BCUT2D eigenvalue weighted by Gasteiger charge is 2.27. The van der Waals surface area contributed by atoms with Gasteiger partial charge in [0.1, 0.15) is 6.04 Å². The second-order valence-corrected chi connectivity index (χ2v) is 8.92. The lowest BCUT2D eigenvalue weighted by Crippen LogP contribution is -2.46. The van der Waals surface area contributed by atoms with Crippen LogP contribution in [0.4, 0.5) is 0 Å². The van der Waals surface area contributed by atoms with Gasteiger partial charge in [-0.1, -0.05) is 43.1 Å². The Morgan fingerprint density at radius 2 is 1.79 bits per heavy atom. The van der Waals surface area contributed by atoms with Gasteiger partial charge in [0.2, 0.25) is 0 Å². The molecule has 1 atom stereocenters. The highest BCUT2D eigenvalue weighted by Crippen LogP contribution is 2.22. The van der Waals surface area contributed by atoms with E-state index in [1.165, 1.54) is 16.2 Å². The van der Waals surface area contributed by atoms with E-state index in [-0.39, 0.29) is 17.7 Å². The van der Waals surface area contributed by atoms with E-state index in [0.717, 1.165) is 10.4 Å². The quantitative estimate of drug-likeness (QED) is 0.640. The van der Waals surface area contributed by atoms with E-state index in [9.17, 15) is 14.4 Å². The van der Waals surface area contributed by atoms with Gasteiger partial charge in [-0.25, -0.2) is 4.79 Å². The Morgan fingerprint density at radius 3 is 2.34 bits per heavy atom. The smallest absolute Gasteiger partial charge is 0.329 e. The molecule has 0 bridgehead atoms. The van der Waals surface area contributed by atoms with E-state index in [0.29, 0.717) is 16.4 Å². The van der Waals surface area contributed by atoms with Crippen molar-refractivity contribution in [3.05, 3.63) is 56.7 Å². The molecule has 0 fully saturated rings. The highest BCUT2D eigenvalue weighted by atomic mass is 35.5. The topological polar surface area (TPSA) is 75.7 Å². The maximum absolute atomic E-state index is 12.5. The number of nitrogens with one attached hydrogen (secondary N) is 1. The van der Waals surface area contributed by atoms with Crippen LogP contribution in [0.1, 0.15) is 34.6 Å². The fourth-order valence-electron chi connectivity index (χ4n) is 2.52. The summed E-state index contributed by atoms with van der Waals surface area (Å²) in [6.45, 7) is 5.52. The van der Waals surface area contributed by atoms with Crippen molar-refractivity contribution < 1.29 is 19.1 Å². The number of nitrogens with zero attached hydrogens (tertiary/aromatic N) is 1. The molecule has 0 saturated carbocycles. The van der Waals surface area contributed by atoms with Crippen LogP contribution in [0.3, 0.4) is 0 Å². The van der Waals surface area contributed by atoms with Crippen molar-refractivity contribution in [3.8, 4) is 0 Å². The Hall–Kier alpha value is -2.38. The van der Waals surface area contributed by atoms with Crippen LogP contribution in [0.15, 0.2) is 36.4 Å². The molecule has 1 aromatic carbocycles. The second-order valence-electron chi connectivity index (χ2n) is 7.12. The first-order valence-electron chi connectivity index (χ1n) is 9.19. The second kappa shape index (κ2) is 10.4. The zero-order valence-electron chi connectivity index (χ0n) is 16.9. The number of carbonyl (C=O) groups excluding carboxylic acids is 3. The van der Waals surface area contributed by atoms with Gasteiger partial charge >= 0.3 is 5.97 Å². The Kier molecular flexibility index (Phi) is 8.22. The van der Waals surface area contributed by atoms with Crippen LogP contribution in [-0.2, 0) is 20.9 Å². The van der Waals surface area contributed by atoms with Crippen LogP contribution < -0.4 is 5.32 Å². The summed E-state index contributed by atoms with van der Waals surface area (Å²) in [6.07, 6.45) is 0. The van der Waals surface area contributed by atoms with Gasteiger partial charge in [0.05, 0.1) is 10.9 Å². The summed E-state index contributed by atoms with van der Waals surface area (Å²) in [5, 5.41) is 2.70. The molecule has 0 aliphatic heterocycles. The van der Waals surface area contributed by atoms with Crippen LogP contribution in [-0.4, -0.2) is 42.4 Å². The number of carbonyl (C=O) groups is 3. The molecular formula is C21H25ClN2O4S. The fraction of sp³-hybridized carbons (Fsp3) is 0.381. The monoisotopic (exact) mass is 436 g/mol. The van der Waals surface area contributed by atoms with Gasteiger partial charge in [0.15, 0.2) is 6.61 Å². The van der Waals surface area contributed by atoms with Crippen molar-refractivity contribution >= 4 is 40.7 Å². The number of benzene rings is 1. The molecule has 8 heteroatoms. The van der Waals surface area contributed by atoms with Crippen molar-refractivity contribution in [3.63, 3.8) is 0 Å². The van der Waals surface area contributed by atoms with Crippen LogP contribution >= 0.6 is 22.9 Å². The van der Waals surface area contributed by atoms with Gasteiger partial charge in [-0.15, -0.1) is 11.3 Å². The van der Waals surface area contributed by atoms with Gasteiger partial charge in [-0.05, 0) is 37.1 Å². The Morgan fingerprint density at radius 1 is 1.14 bits per heavy atom. The minimum Gasteiger partial charge on any atom is -0.454 e. The van der Waals surface area contributed by atoms with Crippen molar-refractivity contribution in [1.82, 2.24) is 10.2 Å². The third-order valence-corrected chi connectivity index (χ3v) is 5.52. The van der Waals surface area contributed by atoms with E-state index in [4.69, 9.17) is 16.3 Å². The number of likely N-dealkylation sites (N-methyl/N-ethyl adjacent to an activating group) is 1. The predicted octanol–water partition coefficient (Wildman–Crippen LogP) is 3.67. The number of rotatable bonds is 8. The first-order valence-corrected chi connectivity index (χ1v) is 10.4. The number of hydrogen-bond acceptors (Lipinski definition) is 5. The molecule has 0 aliphatic rings. The summed E-state index contributed by atoms with van der Waals surface area (Å²) in [4.78, 5) is 39.6. The number of aryl methyl sites for hydroxylation is 1. The highest BCUT2D eigenvalue weighted by molar-refractivity contribution is 7.16. The van der Waals surface area contributed by atoms with Crippen molar-refractivity contribution in [1.29, 1.82) is 0 Å². The Balaban J connectivity index is 1.90. The molecule has 2 amide bonds. The van der Waals surface area contributed by atoms with Crippen LogP contribution in [0.5, 0.6) is 0 Å². The molecular weight excluding hydrogens is 412 g/mol. The van der Waals surface area contributed by atoms with Crippen molar-refractivity contribution in [2.24, 2.45) is 5.92 Å². The van der Waals surface area contributed by atoms with Gasteiger partial charge in [-0.2, -0.15) is 0 Å². The number of thiophene rings is 1. The average molecular weight is 437 g/mol. The zero-order chi connectivity index (χ0) is 21.6. The normalized spacial score (nSPS) is 11.8. The molecule has 2 aromatic rings. The molecule has 1 N–H and O–H groups in total. The Bertz CT molecular complexity index is 864. The van der Waals surface area contributed by atoms with E-state index in [2.05, 4.69) is 5.32 Å². The number of esters is 1. The molecule has 1 unspecified atom stereocenters. The molecule has 1 heterocycles. The molecule has 2 rings (SSSR count). The summed E-state index contributed by atoms with van der Waals surface area (Å²) >= 11 is 7.28. The fourth-order valence-corrected chi connectivity index (χ4v) is 3.66. The van der Waals surface area contributed by atoms with Gasteiger partial charge < -0.3 is 15.0 Å².